The summed E-state index contributed by atoms with van der Waals surface area (Å²) in [5.74, 6) is 3.68. The van der Waals surface area contributed by atoms with Gasteiger partial charge in [-0.1, -0.05) is 33.1 Å². The zero-order valence-electron chi connectivity index (χ0n) is 10.4. The van der Waals surface area contributed by atoms with Crippen LogP contribution in [0.15, 0.2) is 0 Å². The molecule has 5 atom stereocenters. The summed E-state index contributed by atoms with van der Waals surface area (Å²) in [5.41, 5.74) is 6.29. The van der Waals surface area contributed by atoms with E-state index in [2.05, 4.69) is 13.8 Å². The van der Waals surface area contributed by atoms with Crippen molar-refractivity contribution in [2.75, 3.05) is 0 Å². The van der Waals surface area contributed by atoms with E-state index in [9.17, 15) is 0 Å². The molecule has 1 heteroatoms. The van der Waals surface area contributed by atoms with Gasteiger partial charge in [-0.05, 0) is 49.4 Å². The summed E-state index contributed by atoms with van der Waals surface area (Å²) in [4.78, 5) is 0. The summed E-state index contributed by atoms with van der Waals surface area (Å²) in [7, 11) is 0. The normalized spacial score (nSPS) is 47.8. The number of hydrogen-bond acceptors (Lipinski definition) is 1. The molecule has 15 heavy (non-hydrogen) atoms. The lowest BCUT2D eigenvalue weighted by Crippen LogP contribution is -2.40. The molecule has 0 spiro atoms. The highest BCUT2D eigenvalue weighted by Gasteiger charge is 2.34. The van der Waals surface area contributed by atoms with Gasteiger partial charge in [-0.25, -0.2) is 0 Å². The minimum absolute atomic E-state index is 0.518. The molecular weight excluding hydrogens is 182 g/mol. The van der Waals surface area contributed by atoms with Gasteiger partial charge in [0.05, 0.1) is 0 Å². The fourth-order valence-electron chi connectivity index (χ4n) is 3.75. The van der Waals surface area contributed by atoms with Gasteiger partial charge >= 0.3 is 0 Å². The molecular formula is C14H27N. The van der Waals surface area contributed by atoms with Gasteiger partial charge in [-0.3, -0.25) is 0 Å². The van der Waals surface area contributed by atoms with Crippen LogP contribution < -0.4 is 5.73 Å². The molecule has 2 aliphatic carbocycles. The van der Waals surface area contributed by atoms with Crippen molar-refractivity contribution in [2.45, 2.75) is 64.8 Å². The van der Waals surface area contributed by atoms with Crippen molar-refractivity contribution >= 4 is 0 Å². The Bertz CT molecular complexity index is 202. The van der Waals surface area contributed by atoms with E-state index in [1.165, 1.54) is 44.9 Å². The van der Waals surface area contributed by atoms with Gasteiger partial charge in [0.25, 0.3) is 0 Å². The highest BCUT2D eigenvalue weighted by atomic mass is 14.7. The topological polar surface area (TPSA) is 26.0 Å². The fourth-order valence-corrected chi connectivity index (χ4v) is 3.75. The van der Waals surface area contributed by atoms with Crippen molar-refractivity contribution in [1.29, 1.82) is 0 Å². The number of hydrogen-bond donors (Lipinski definition) is 1. The molecule has 0 heterocycles. The summed E-state index contributed by atoms with van der Waals surface area (Å²) in [6.45, 7) is 4.85. The second-order valence-corrected chi connectivity index (χ2v) is 6.14. The molecule has 0 aliphatic heterocycles. The van der Waals surface area contributed by atoms with Gasteiger partial charge in [-0.15, -0.1) is 0 Å². The average Bonchev–Trinajstić information content (AvgIpc) is 2.23. The molecule has 0 aromatic heterocycles. The lowest BCUT2D eigenvalue weighted by molar-refractivity contribution is 0.117. The van der Waals surface area contributed by atoms with Gasteiger partial charge < -0.3 is 5.73 Å². The molecule has 0 amide bonds. The van der Waals surface area contributed by atoms with Gasteiger partial charge in [0.15, 0.2) is 0 Å². The Hall–Kier alpha value is -0.0400. The maximum Gasteiger partial charge on any atom is 0.00698 e. The van der Waals surface area contributed by atoms with Gasteiger partial charge in [0, 0.05) is 6.04 Å². The Kier molecular flexibility index (Phi) is 3.71. The van der Waals surface area contributed by atoms with Crippen molar-refractivity contribution in [1.82, 2.24) is 0 Å². The molecule has 0 aromatic rings. The Morgan fingerprint density at radius 2 is 1.60 bits per heavy atom. The maximum absolute atomic E-state index is 6.29. The van der Waals surface area contributed by atoms with E-state index in [4.69, 9.17) is 5.73 Å². The third-order valence-corrected chi connectivity index (χ3v) is 5.12. The molecule has 0 aromatic carbocycles. The number of rotatable bonds is 1. The first kappa shape index (κ1) is 11.4. The van der Waals surface area contributed by atoms with Crippen LogP contribution >= 0.6 is 0 Å². The van der Waals surface area contributed by atoms with Crippen molar-refractivity contribution in [3.63, 3.8) is 0 Å². The zero-order chi connectivity index (χ0) is 10.8. The monoisotopic (exact) mass is 209 g/mol. The maximum atomic E-state index is 6.29. The summed E-state index contributed by atoms with van der Waals surface area (Å²) in [6.07, 6.45) is 9.83. The van der Waals surface area contributed by atoms with Crippen molar-refractivity contribution in [3.8, 4) is 0 Å². The Labute approximate surface area is 94.8 Å². The van der Waals surface area contributed by atoms with Gasteiger partial charge in [-0.2, -0.15) is 0 Å². The molecule has 0 radical (unpaired) electrons. The highest BCUT2D eigenvalue weighted by molar-refractivity contribution is 4.87. The van der Waals surface area contributed by atoms with Crippen LogP contribution in [0.2, 0.25) is 0 Å². The predicted octanol–water partition coefficient (Wildman–Crippen LogP) is 3.58. The SMILES string of the molecule is CC1CCC(C2CCCCC2N)CC1C. The van der Waals surface area contributed by atoms with E-state index in [1.54, 1.807) is 0 Å². The van der Waals surface area contributed by atoms with E-state index in [-0.39, 0.29) is 0 Å². The molecule has 2 N–H and O–H groups in total. The molecule has 5 unspecified atom stereocenters. The minimum Gasteiger partial charge on any atom is -0.327 e. The minimum atomic E-state index is 0.518. The standard InChI is InChI=1S/C14H27N/c1-10-7-8-12(9-11(10)2)13-5-3-4-6-14(13)15/h10-14H,3-9,15H2,1-2H3. The van der Waals surface area contributed by atoms with Crippen LogP contribution in [0.5, 0.6) is 0 Å². The lowest BCUT2D eigenvalue weighted by Gasteiger charge is -2.41. The fraction of sp³-hybridized carbons (Fsp3) is 1.00. The second kappa shape index (κ2) is 4.86. The molecule has 2 aliphatic rings. The van der Waals surface area contributed by atoms with Crippen LogP contribution in [0.1, 0.15) is 58.8 Å². The van der Waals surface area contributed by atoms with E-state index < -0.39 is 0 Å². The molecule has 2 saturated carbocycles. The van der Waals surface area contributed by atoms with Crippen molar-refractivity contribution in [3.05, 3.63) is 0 Å². The smallest absolute Gasteiger partial charge is 0.00698 e. The quantitative estimate of drug-likeness (QED) is 0.702. The second-order valence-electron chi connectivity index (χ2n) is 6.14. The van der Waals surface area contributed by atoms with Crippen LogP contribution in [0.3, 0.4) is 0 Å². The first-order valence-electron chi connectivity index (χ1n) is 6.94. The molecule has 0 bridgehead atoms. The largest absolute Gasteiger partial charge is 0.327 e. The Morgan fingerprint density at radius 1 is 0.867 bits per heavy atom. The van der Waals surface area contributed by atoms with E-state index in [1.807, 2.05) is 0 Å². The van der Waals surface area contributed by atoms with E-state index in [0.717, 1.165) is 23.7 Å². The van der Waals surface area contributed by atoms with Gasteiger partial charge in [0.1, 0.15) is 0 Å². The molecule has 1 nitrogen and oxygen atoms in total. The van der Waals surface area contributed by atoms with Crippen LogP contribution in [0, 0.1) is 23.7 Å². The van der Waals surface area contributed by atoms with Crippen LogP contribution in [0.4, 0.5) is 0 Å². The van der Waals surface area contributed by atoms with E-state index >= 15 is 0 Å². The Morgan fingerprint density at radius 3 is 2.27 bits per heavy atom. The van der Waals surface area contributed by atoms with E-state index in [0.29, 0.717) is 6.04 Å². The number of nitrogens with two attached hydrogens (primary N) is 1. The Balaban J connectivity index is 1.92. The molecule has 0 saturated heterocycles. The van der Waals surface area contributed by atoms with Crippen LogP contribution in [0.25, 0.3) is 0 Å². The summed E-state index contributed by atoms with van der Waals surface area (Å²) in [6, 6.07) is 0.518. The molecule has 2 rings (SSSR count). The zero-order valence-corrected chi connectivity index (χ0v) is 10.4. The van der Waals surface area contributed by atoms with Gasteiger partial charge in [0.2, 0.25) is 0 Å². The summed E-state index contributed by atoms with van der Waals surface area (Å²) < 4.78 is 0. The predicted molar refractivity (Wildman–Crippen MR) is 65.6 cm³/mol. The first-order valence-corrected chi connectivity index (χ1v) is 6.94. The third-order valence-electron chi connectivity index (χ3n) is 5.12. The average molecular weight is 209 g/mol. The highest BCUT2D eigenvalue weighted by Crippen LogP contribution is 2.41. The van der Waals surface area contributed by atoms with Crippen molar-refractivity contribution < 1.29 is 0 Å². The third kappa shape index (κ3) is 2.55. The van der Waals surface area contributed by atoms with Crippen molar-refractivity contribution in [2.24, 2.45) is 29.4 Å². The summed E-state index contributed by atoms with van der Waals surface area (Å²) >= 11 is 0. The summed E-state index contributed by atoms with van der Waals surface area (Å²) in [5, 5.41) is 0. The van der Waals surface area contributed by atoms with Crippen LogP contribution in [-0.2, 0) is 0 Å². The first-order chi connectivity index (χ1) is 7.18. The lowest BCUT2D eigenvalue weighted by atomic mass is 9.66. The molecule has 2 fully saturated rings. The van der Waals surface area contributed by atoms with Crippen LogP contribution in [-0.4, -0.2) is 6.04 Å². The molecule has 88 valence electrons.